The number of nitrogens with one attached hydrogen (secondary N) is 1. The molecule has 0 amide bonds. The molecule has 1 aromatic heterocycles. The number of fused-ring (bicyclic) bond motifs is 1. The quantitative estimate of drug-likeness (QED) is 0.619. The van der Waals surface area contributed by atoms with Gasteiger partial charge in [-0.25, -0.2) is 4.98 Å². The van der Waals surface area contributed by atoms with E-state index in [1.54, 1.807) is 0 Å². The van der Waals surface area contributed by atoms with E-state index in [1.807, 2.05) is 0 Å². The Morgan fingerprint density at radius 1 is 0.964 bits per heavy atom. The molecule has 1 unspecified atom stereocenters. The average molecular weight is 395 g/mol. The first kappa shape index (κ1) is 20.2. The lowest BCUT2D eigenvalue weighted by molar-refractivity contribution is 0.614. The van der Waals surface area contributed by atoms with Crippen LogP contribution in [0.25, 0.3) is 0 Å². The maximum atomic E-state index is 4.90. The van der Waals surface area contributed by atoms with Gasteiger partial charge in [-0.3, -0.25) is 0 Å². The van der Waals surface area contributed by atoms with Crippen molar-refractivity contribution in [3.63, 3.8) is 0 Å². The molecule has 5 heteroatoms. The van der Waals surface area contributed by atoms with E-state index in [2.05, 4.69) is 91.4 Å². The molecule has 0 spiro atoms. The predicted molar refractivity (Wildman–Crippen MR) is 119 cm³/mol. The van der Waals surface area contributed by atoms with Gasteiger partial charge in [0.05, 0.1) is 6.04 Å². The fourth-order valence-electron chi connectivity index (χ4n) is 3.78. The Bertz CT molecular complexity index is 969. The van der Waals surface area contributed by atoms with E-state index in [9.17, 15) is 0 Å². The van der Waals surface area contributed by atoms with Crippen LogP contribution >= 0.6 is 12.4 Å². The van der Waals surface area contributed by atoms with Crippen LogP contribution in [0.15, 0.2) is 48.5 Å². The van der Waals surface area contributed by atoms with Gasteiger partial charge in [0.15, 0.2) is 0 Å². The largest absolute Gasteiger partial charge is 0.349 e. The molecule has 1 N–H and O–H groups in total. The minimum Gasteiger partial charge on any atom is -0.349 e. The summed E-state index contributed by atoms with van der Waals surface area (Å²) in [5.74, 6) is 1.68. The minimum absolute atomic E-state index is 0. The molecule has 0 saturated heterocycles. The van der Waals surface area contributed by atoms with Crippen molar-refractivity contribution in [3.8, 4) is 0 Å². The summed E-state index contributed by atoms with van der Waals surface area (Å²) in [6.07, 6.45) is 1.05. The Morgan fingerprint density at radius 2 is 1.68 bits per heavy atom. The number of anilines is 3. The molecule has 3 aromatic rings. The first-order valence-electron chi connectivity index (χ1n) is 9.56. The van der Waals surface area contributed by atoms with Gasteiger partial charge in [-0.1, -0.05) is 42.0 Å². The highest BCUT2D eigenvalue weighted by atomic mass is 35.5. The zero-order valence-electron chi connectivity index (χ0n) is 16.9. The van der Waals surface area contributed by atoms with Crippen molar-refractivity contribution in [3.05, 3.63) is 76.5 Å². The SMILES string of the molecule is Cc1ccc(Nc2nc(C)c(C)c(N3CCc4ccccc4C3C)n2)cc1.Cl. The molecule has 1 atom stereocenters. The number of hydrogen-bond donors (Lipinski definition) is 1. The standard InChI is InChI=1S/C23H26N4.ClH/c1-15-9-11-20(12-10-15)25-23-24-17(3)16(2)22(26-23)27-14-13-19-7-5-6-8-21(19)18(27)4;/h5-12,18H,13-14H2,1-4H3,(H,24,25,26);1H. The molecular weight excluding hydrogens is 368 g/mol. The first-order chi connectivity index (χ1) is 13.0. The van der Waals surface area contributed by atoms with E-state index >= 15 is 0 Å². The zero-order valence-corrected chi connectivity index (χ0v) is 17.7. The summed E-state index contributed by atoms with van der Waals surface area (Å²) in [6, 6.07) is 17.3. The van der Waals surface area contributed by atoms with Gasteiger partial charge in [0, 0.05) is 23.5 Å². The number of benzene rings is 2. The van der Waals surface area contributed by atoms with Gasteiger partial charge in [0.2, 0.25) is 5.95 Å². The van der Waals surface area contributed by atoms with Crippen LogP contribution in [0, 0.1) is 20.8 Å². The Morgan fingerprint density at radius 3 is 2.43 bits per heavy atom. The molecule has 28 heavy (non-hydrogen) atoms. The first-order valence-corrected chi connectivity index (χ1v) is 9.56. The summed E-state index contributed by atoms with van der Waals surface area (Å²) in [6.45, 7) is 9.50. The molecule has 0 radical (unpaired) electrons. The summed E-state index contributed by atoms with van der Waals surface area (Å²) in [7, 11) is 0. The van der Waals surface area contributed by atoms with E-state index in [0.717, 1.165) is 35.7 Å². The Kier molecular flexibility index (Phi) is 5.90. The van der Waals surface area contributed by atoms with E-state index < -0.39 is 0 Å². The van der Waals surface area contributed by atoms with Crippen molar-refractivity contribution in [2.75, 3.05) is 16.8 Å². The number of hydrogen-bond acceptors (Lipinski definition) is 4. The maximum Gasteiger partial charge on any atom is 0.229 e. The minimum atomic E-state index is 0. The van der Waals surface area contributed by atoms with Crippen LogP contribution in [0.4, 0.5) is 17.5 Å². The van der Waals surface area contributed by atoms with Gasteiger partial charge >= 0.3 is 0 Å². The molecule has 0 bridgehead atoms. The number of nitrogens with zero attached hydrogens (tertiary/aromatic N) is 3. The van der Waals surface area contributed by atoms with Gasteiger partial charge in [0.25, 0.3) is 0 Å². The van der Waals surface area contributed by atoms with Gasteiger partial charge in [-0.15, -0.1) is 12.4 Å². The summed E-state index contributed by atoms with van der Waals surface area (Å²) >= 11 is 0. The van der Waals surface area contributed by atoms with Crippen LogP contribution in [-0.2, 0) is 6.42 Å². The fraction of sp³-hybridized carbons (Fsp3) is 0.304. The van der Waals surface area contributed by atoms with Gasteiger partial charge in [0.1, 0.15) is 5.82 Å². The van der Waals surface area contributed by atoms with E-state index in [4.69, 9.17) is 4.98 Å². The molecule has 146 valence electrons. The highest BCUT2D eigenvalue weighted by Gasteiger charge is 2.26. The number of aromatic nitrogens is 2. The normalized spacial score (nSPS) is 15.6. The van der Waals surface area contributed by atoms with Crippen LogP contribution < -0.4 is 10.2 Å². The van der Waals surface area contributed by atoms with E-state index in [-0.39, 0.29) is 12.4 Å². The van der Waals surface area contributed by atoms with E-state index in [0.29, 0.717) is 12.0 Å². The summed E-state index contributed by atoms with van der Waals surface area (Å²) in [5, 5.41) is 3.36. The zero-order chi connectivity index (χ0) is 19.0. The predicted octanol–water partition coefficient (Wildman–Crippen LogP) is 5.69. The molecule has 0 aliphatic carbocycles. The van der Waals surface area contributed by atoms with Crippen molar-refractivity contribution in [1.82, 2.24) is 9.97 Å². The topological polar surface area (TPSA) is 41.1 Å². The molecule has 2 heterocycles. The van der Waals surface area contributed by atoms with Crippen LogP contribution in [0.1, 0.15) is 40.9 Å². The molecule has 0 fully saturated rings. The van der Waals surface area contributed by atoms with Gasteiger partial charge in [-0.2, -0.15) is 4.98 Å². The third-order valence-electron chi connectivity index (χ3n) is 5.54. The number of aryl methyl sites for hydroxylation is 2. The third kappa shape index (κ3) is 3.83. The molecule has 1 aliphatic rings. The van der Waals surface area contributed by atoms with Crippen molar-refractivity contribution >= 4 is 29.9 Å². The second-order valence-corrected chi connectivity index (χ2v) is 7.39. The van der Waals surface area contributed by atoms with Crippen LogP contribution in [0.3, 0.4) is 0 Å². The molecule has 4 nitrogen and oxygen atoms in total. The monoisotopic (exact) mass is 394 g/mol. The van der Waals surface area contributed by atoms with Crippen molar-refractivity contribution in [2.45, 2.75) is 40.2 Å². The number of halogens is 1. The second-order valence-electron chi connectivity index (χ2n) is 7.39. The van der Waals surface area contributed by atoms with Gasteiger partial charge < -0.3 is 10.2 Å². The third-order valence-corrected chi connectivity index (χ3v) is 5.54. The molecular formula is C23H27ClN4. The summed E-state index contributed by atoms with van der Waals surface area (Å²) in [4.78, 5) is 12.0. The Labute approximate surface area is 173 Å². The lowest BCUT2D eigenvalue weighted by atomic mass is 9.93. The molecule has 1 aliphatic heterocycles. The smallest absolute Gasteiger partial charge is 0.229 e. The van der Waals surface area contributed by atoms with Gasteiger partial charge in [-0.05, 0) is 57.4 Å². The molecule has 2 aromatic carbocycles. The molecule has 4 rings (SSSR count). The van der Waals surface area contributed by atoms with Crippen LogP contribution in [0.5, 0.6) is 0 Å². The van der Waals surface area contributed by atoms with Crippen molar-refractivity contribution in [1.29, 1.82) is 0 Å². The average Bonchev–Trinajstić information content (AvgIpc) is 2.67. The maximum absolute atomic E-state index is 4.90. The fourth-order valence-corrected chi connectivity index (χ4v) is 3.78. The Hall–Kier alpha value is -2.59. The highest BCUT2D eigenvalue weighted by Crippen LogP contribution is 2.35. The van der Waals surface area contributed by atoms with E-state index in [1.165, 1.54) is 16.7 Å². The Balaban J connectivity index is 0.00000225. The second kappa shape index (κ2) is 8.19. The lowest BCUT2D eigenvalue weighted by Crippen LogP contribution is -2.35. The number of rotatable bonds is 3. The lowest BCUT2D eigenvalue weighted by Gasteiger charge is -2.37. The summed E-state index contributed by atoms with van der Waals surface area (Å²) in [5.41, 5.74) is 7.25. The van der Waals surface area contributed by atoms with Crippen molar-refractivity contribution < 1.29 is 0 Å². The van der Waals surface area contributed by atoms with Crippen LogP contribution in [-0.4, -0.2) is 16.5 Å². The summed E-state index contributed by atoms with van der Waals surface area (Å²) < 4.78 is 0. The highest BCUT2D eigenvalue weighted by molar-refractivity contribution is 5.85. The molecule has 0 saturated carbocycles. The van der Waals surface area contributed by atoms with Crippen molar-refractivity contribution in [2.24, 2.45) is 0 Å². The van der Waals surface area contributed by atoms with Crippen LogP contribution in [0.2, 0.25) is 0 Å².